The van der Waals surface area contributed by atoms with E-state index < -0.39 is 62.9 Å². The summed E-state index contributed by atoms with van der Waals surface area (Å²) in [6.07, 6.45) is -4.41. The highest BCUT2D eigenvalue weighted by Crippen LogP contribution is 2.57. The van der Waals surface area contributed by atoms with E-state index in [0.717, 1.165) is 0 Å². The van der Waals surface area contributed by atoms with Gasteiger partial charge in [-0.05, 0) is 44.0 Å². The Kier molecular flexibility index (Phi) is 10.3. The Bertz CT molecular complexity index is 963. The van der Waals surface area contributed by atoms with E-state index in [9.17, 15) is 24.4 Å². The van der Waals surface area contributed by atoms with E-state index in [-0.39, 0.29) is 18.9 Å². The highest BCUT2D eigenvalue weighted by Gasteiger charge is 2.54. The molecule has 3 rings (SSSR count). The predicted octanol–water partition coefficient (Wildman–Crippen LogP) is 0.824. The number of methoxy groups -OCH3 is 2. The van der Waals surface area contributed by atoms with E-state index in [1.807, 2.05) is 0 Å². The number of hydrogen-bond donors (Lipinski definition) is 3. The van der Waals surface area contributed by atoms with Gasteiger partial charge in [0.2, 0.25) is 5.91 Å². The Morgan fingerprint density at radius 3 is 2.46 bits per heavy atom. The van der Waals surface area contributed by atoms with Crippen LogP contribution in [0.5, 0.6) is 11.5 Å². The second kappa shape index (κ2) is 13.0. The number of benzene rings is 1. The summed E-state index contributed by atoms with van der Waals surface area (Å²) in [5.41, 5.74) is 0. The first-order valence-electron chi connectivity index (χ1n) is 12.0. The van der Waals surface area contributed by atoms with Gasteiger partial charge < -0.3 is 39.0 Å². The van der Waals surface area contributed by atoms with Crippen molar-refractivity contribution in [1.82, 2.24) is 9.99 Å². The van der Waals surface area contributed by atoms with E-state index >= 15 is 0 Å². The lowest BCUT2D eigenvalue weighted by molar-refractivity contribution is -0.259. The van der Waals surface area contributed by atoms with Crippen LogP contribution in [-0.2, 0) is 32.9 Å². The number of aliphatic hydroxyl groups excluding tert-OH is 2. The van der Waals surface area contributed by atoms with E-state index in [1.165, 1.54) is 37.9 Å². The summed E-state index contributed by atoms with van der Waals surface area (Å²) in [6, 6.07) is 4.18. The largest absolute Gasteiger partial charge is 0.497 e. The van der Waals surface area contributed by atoms with E-state index in [0.29, 0.717) is 18.6 Å². The molecule has 1 aromatic rings. The maximum absolute atomic E-state index is 14.6. The normalized spacial score (nSPS) is 29.8. The van der Waals surface area contributed by atoms with Gasteiger partial charge in [-0.15, -0.1) is 0 Å². The van der Waals surface area contributed by atoms with E-state index in [2.05, 4.69) is 5.32 Å². The van der Waals surface area contributed by atoms with Crippen LogP contribution in [0, 0.1) is 0 Å². The molecule has 2 fully saturated rings. The third kappa shape index (κ3) is 6.80. The van der Waals surface area contributed by atoms with Crippen molar-refractivity contribution in [3.63, 3.8) is 0 Å². The molecule has 2 heterocycles. The van der Waals surface area contributed by atoms with Gasteiger partial charge in [0.1, 0.15) is 41.9 Å². The average Bonchev–Trinajstić information content (AvgIpc) is 3.38. The van der Waals surface area contributed by atoms with Crippen LogP contribution in [0.1, 0.15) is 26.7 Å². The van der Waals surface area contributed by atoms with Gasteiger partial charge in [-0.25, -0.2) is 4.57 Å². The number of carbonyl (C=O) groups excluding carboxylic acids is 2. The lowest BCUT2D eigenvalue weighted by Crippen LogP contribution is -2.65. The maximum Gasteiger partial charge on any atom is 0.462 e. The molecule has 2 aliphatic heterocycles. The average molecular weight is 547 g/mol. The fourth-order valence-corrected chi connectivity index (χ4v) is 6.52. The molecule has 1 aromatic carbocycles. The fraction of sp³-hybridized carbons (Fsp3) is 0.652. The zero-order chi connectivity index (χ0) is 27.2. The van der Waals surface area contributed by atoms with Crippen LogP contribution in [-0.4, -0.2) is 97.4 Å². The summed E-state index contributed by atoms with van der Waals surface area (Å²) in [5, 5.41) is 23.4. The van der Waals surface area contributed by atoms with Gasteiger partial charge in [-0.2, -0.15) is 4.67 Å². The summed E-state index contributed by atoms with van der Waals surface area (Å²) in [6.45, 7) is 2.62. The monoisotopic (exact) mass is 546 g/mol. The highest BCUT2D eigenvalue weighted by atomic mass is 31.2. The summed E-state index contributed by atoms with van der Waals surface area (Å²) in [5.74, 6) is -0.391. The third-order valence-corrected chi connectivity index (χ3v) is 8.15. The minimum Gasteiger partial charge on any atom is -0.497 e. The molecule has 3 N–H and O–H groups in total. The molecule has 0 spiro atoms. The number of ether oxygens (including phenoxy) is 4. The van der Waals surface area contributed by atoms with Crippen molar-refractivity contribution in [3.05, 3.63) is 24.3 Å². The predicted molar refractivity (Wildman–Crippen MR) is 129 cm³/mol. The number of nitrogens with zero attached hydrogens (tertiary/aromatic N) is 1. The van der Waals surface area contributed by atoms with Crippen LogP contribution < -0.4 is 14.6 Å². The second-order valence-corrected chi connectivity index (χ2v) is 10.4. The molecule has 1 amide bonds. The van der Waals surface area contributed by atoms with Crippen molar-refractivity contribution in [2.24, 2.45) is 0 Å². The first-order valence-corrected chi connectivity index (χ1v) is 13.5. The quantitative estimate of drug-likeness (QED) is 0.265. The van der Waals surface area contributed by atoms with Crippen LogP contribution in [0.3, 0.4) is 0 Å². The Hall–Kier alpha value is -2.25. The lowest BCUT2D eigenvalue weighted by atomic mass is 9.97. The van der Waals surface area contributed by atoms with Crippen molar-refractivity contribution in [3.8, 4) is 11.5 Å². The summed E-state index contributed by atoms with van der Waals surface area (Å²) in [7, 11) is -1.61. The number of hydrogen-bond acceptors (Lipinski definition) is 11. The van der Waals surface area contributed by atoms with Crippen molar-refractivity contribution in [2.45, 2.75) is 63.4 Å². The minimum absolute atomic E-state index is 0.130. The first kappa shape index (κ1) is 29.3. The topological polar surface area (TPSA) is 162 Å². The van der Waals surface area contributed by atoms with Gasteiger partial charge in [0, 0.05) is 20.6 Å². The Labute approximate surface area is 215 Å². The molecule has 14 heteroatoms. The molecule has 1 unspecified atom stereocenters. The maximum atomic E-state index is 14.6. The van der Waals surface area contributed by atoms with Gasteiger partial charge in [-0.3, -0.25) is 14.1 Å². The number of carbonyl (C=O) groups is 2. The molecule has 7 atom stereocenters. The van der Waals surface area contributed by atoms with Crippen molar-refractivity contribution >= 4 is 19.6 Å². The number of amides is 1. The van der Waals surface area contributed by atoms with Gasteiger partial charge in [0.05, 0.1) is 20.3 Å². The summed E-state index contributed by atoms with van der Waals surface area (Å²) >= 11 is 0. The molecular formula is C23H35N2O11P. The Morgan fingerprint density at radius 2 is 1.89 bits per heavy atom. The van der Waals surface area contributed by atoms with Crippen LogP contribution >= 0.6 is 7.75 Å². The Balaban J connectivity index is 2.03. The van der Waals surface area contributed by atoms with Gasteiger partial charge in [0.25, 0.3) is 0 Å². The van der Waals surface area contributed by atoms with Crippen LogP contribution in [0.15, 0.2) is 24.3 Å². The SMILES string of the molecule is CCOC(=O)[C@@H]1CCCN1P(=O)(Oc1ccc(OC)cc1)O[C@H]1[C@H](O)[C@@H](CO)O[C@H](OC)[C@@H]1NC(C)=O. The highest BCUT2D eigenvalue weighted by molar-refractivity contribution is 7.51. The molecular weight excluding hydrogens is 511 g/mol. The van der Waals surface area contributed by atoms with Crippen LogP contribution in [0.25, 0.3) is 0 Å². The molecule has 208 valence electrons. The van der Waals surface area contributed by atoms with E-state index in [1.54, 1.807) is 19.1 Å². The standard InChI is InChI=1S/C23H35N2O11P/c1-5-33-22(29)17-7-6-12-25(17)37(30,35-16-10-8-15(31-3)9-11-16)36-21-19(24-14(2)27)23(32-4)34-18(13-26)20(21)28/h8-11,17-21,23,26,28H,5-7,12-13H2,1-4H3,(H,24,27)/t17-,18+,19+,20+,21+,23-,37?/m0/s1. The van der Waals surface area contributed by atoms with Crippen LogP contribution in [0.2, 0.25) is 0 Å². The fourth-order valence-electron chi connectivity index (χ4n) is 4.36. The van der Waals surface area contributed by atoms with Gasteiger partial charge >= 0.3 is 13.7 Å². The molecule has 0 radical (unpaired) electrons. The zero-order valence-corrected chi connectivity index (χ0v) is 22.2. The number of rotatable bonds is 11. The zero-order valence-electron chi connectivity index (χ0n) is 21.3. The molecule has 0 aromatic heterocycles. The smallest absolute Gasteiger partial charge is 0.462 e. The molecule has 0 aliphatic carbocycles. The van der Waals surface area contributed by atoms with Gasteiger partial charge in [-0.1, -0.05) is 0 Å². The lowest BCUT2D eigenvalue weighted by Gasteiger charge is -2.45. The summed E-state index contributed by atoms with van der Waals surface area (Å²) in [4.78, 5) is 24.7. The summed E-state index contributed by atoms with van der Waals surface area (Å²) < 4.78 is 49.0. The second-order valence-electron chi connectivity index (χ2n) is 8.56. The Morgan fingerprint density at radius 1 is 1.22 bits per heavy atom. The molecule has 0 saturated carbocycles. The molecule has 13 nitrogen and oxygen atoms in total. The molecule has 2 aliphatic rings. The van der Waals surface area contributed by atoms with Gasteiger partial charge in [0.15, 0.2) is 6.29 Å². The first-order chi connectivity index (χ1) is 17.7. The number of esters is 1. The molecule has 0 bridgehead atoms. The minimum atomic E-state index is -4.42. The van der Waals surface area contributed by atoms with E-state index in [4.69, 9.17) is 28.0 Å². The number of nitrogens with one attached hydrogen (secondary N) is 1. The number of aliphatic hydroxyl groups is 2. The van der Waals surface area contributed by atoms with Crippen molar-refractivity contribution in [1.29, 1.82) is 0 Å². The third-order valence-electron chi connectivity index (χ3n) is 6.09. The van der Waals surface area contributed by atoms with Crippen molar-refractivity contribution in [2.75, 3.05) is 34.0 Å². The molecule has 37 heavy (non-hydrogen) atoms. The van der Waals surface area contributed by atoms with Crippen molar-refractivity contribution < 1.29 is 52.4 Å². The molecule has 2 saturated heterocycles. The van der Waals surface area contributed by atoms with Crippen LogP contribution in [0.4, 0.5) is 0 Å².